The number of nitrogen functional groups attached to an aromatic ring is 1. The second-order valence-corrected chi connectivity index (χ2v) is 5.02. The molecule has 0 atom stereocenters. The highest BCUT2D eigenvalue weighted by Gasteiger charge is 2.04. The van der Waals surface area contributed by atoms with Gasteiger partial charge in [0.2, 0.25) is 0 Å². The molecule has 0 heterocycles. The van der Waals surface area contributed by atoms with Crippen molar-refractivity contribution in [2.24, 2.45) is 0 Å². The molecule has 2 N–H and O–H groups in total. The molecule has 0 aromatic heterocycles. The van der Waals surface area contributed by atoms with Crippen LogP contribution in [0.25, 0.3) is 0 Å². The molecule has 4 heteroatoms. The lowest BCUT2D eigenvalue weighted by Crippen LogP contribution is -1.90. The van der Waals surface area contributed by atoms with E-state index in [2.05, 4.69) is 0 Å². The Balaban J connectivity index is 2.12. The maximum Gasteiger partial charge on any atom is 0.127 e. The van der Waals surface area contributed by atoms with E-state index in [9.17, 15) is 4.39 Å². The van der Waals surface area contributed by atoms with Crippen molar-refractivity contribution in [1.82, 2.24) is 0 Å². The van der Waals surface area contributed by atoms with Crippen LogP contribution in [0, 0.1) is 5.82 Å². The van der Waals surface area contributed by atoms with Gasteiger partial charge < -0.3 is 5.73 Å². The lowest BCUT2D eigenvalue weighted by Gasteiger charge is -2.06. The molecule has 0 radical (unpaired) electrons. The van der Waals surface area contributed by atoms with E-state index in [0.29, 0.717) is 22.0 Å². The van der Waals surface area contributed by atoms with Crippen LogP contribution in [0.15, 0.2) is 47.4 Å². The Hall–Kier alpha value is -1.19. The Labute approximate surface area is 109 Å². The molecule has 17 heavy (non-hydrogen) atoms. The van der Waals surface area contributed by atoms with E-state index in [4.69, 9.17) is 17.3 Å². The summed E-state index contributed by atoms with van der Waals surface area (Å²) in [5, 5.41) is 0.634. The Morgan fingerprint density at radius 1 is 1.18 bits per heavy atom. The average molecular weight is 268 g/mol. The predicted molar refractivity (Wildman–Crippen MR) is 71.8 cm³/mol. The molecule has 0 aliphatic rings. The fourth-order valence-corrected chi connectivity index (χ4v) is 2.63. The third kappa shape index (κ3) is 3.14. The summed E-state index contributed by atoms with van der Waals surface area (Å²) in [5.41, 5.74) is 7.14. The first-order valence-electron chi connectivity index (χ1n) is 5.08. The van der Waals surface area contributed by atoms with Gasteiger partial charge in [-0.15, -0.1) is 11.8 Å². The first-order valence-corrected chi connectivity index (χ1v) is 6.44. The van der Waals surface area contributed by atoms with Gasteiger partial charge in [0.15, 0.2) is 0 Å². The largest absolute Gasteiger partial charge is 0.398 e. The van der Waals surface area contributed by atoms with Gasteiger partial charge in [0.05, 0.1) is 0 Å². The summed E-state index contributed by atoms with van der Waals surface area (Å²) in [6.45, 7) is 0. The monoisotopic (exact) mass is 267 g/mol. The maximum absolute atomic E-state index is 13.4. The van der Waals surface area contributed by atoms with Crippen LogP contribution in [0.4, 0.5) is 10.1 Å². The van der Waals surface area contributed by atoms with Crippen molar-refractivity contribution in [1.29, 1.82) is 0 Å². The van der Waals surface area contributed by atoms with Crippen molar-refractivity contribution < 1.29 is 4.39 Å². The summed E-state index contributed by atoms with van der Waals surface area (Å²) < 4.78 is 13.4. The van der Waals surface area contributed by atoms with Crippen molar-refractivity contribution in [3.63, 3.8) is 0 Å². The number of anilines is 1. The molecule has 1 nitrogen and oxygen atoms in total. The molecule has 0 aliphatic heterocycles. The van der Waals surface area contributed by atoms with Crippen molar-refractivity contribution in [3.05, 3.63) is 58.9 Å². The van der Waals surface area contributed by atoms with Crippen molar-refractivity contribution >= 4 is 29.1 Å². The first-order chi connectivity index (χ1) is 8.16. The van der Waals surface area contributed by atoms with Crippen molar-refractivity contribution in [2.45, 2.75) is 10.6 Å². The summed E-state index contributed by atoms with van der Waals surface area (Å²) in [5.74, 6) is 0.345. The van der Waals surface area contributed by atoms with Gasteiger partial charge in [0.1, 0.15) is 5.82 Å². The lowest BCUT2D eigenvalue weighted by molar-refractivity contribution is 0.617. The number of nitrogens with two attached hydrogens (primary N) is 1. The molecular formula is C13H11ClFNS. The van der Waals surface area contributed by atoms with Crippen LogP contribution in [0.5, 0.6) is 0 Å². The zero-order valence-electron chi connectivity index (χ0n) is 8.99. The van der Waals surface area contributed by atoms with Crippen LogP contribution in [-0.4, -0.2) is 0 Å². The van der Waals surface area contributed by atoms with Gasteiger partial charge in [-0.2, -0.15) is 0 Å². The molecule has 0 bridgehead atoms. The third-order valence-corrected chi connectivity index (χ3v) is 3.67. The van der Waals surface area contributed by atoms with Crippen LogP contribution in [0.3, 0.4) is 0 Å². The van der Waals surface area contributed by atoms with Gasteiger partial charge in [0.25, 0.3) is 0 Å². The van der Waals surface area contributed by atoms with Crippen LogP contribution in [0.2, 0.25) is 5.02 Å². The first kappa shape index (κ1) is 12.3. The summed E-state index contributed by atoms with van der Waals surface area (Å²) in [4.78, 5) is 0.876. The molecule has 0 aliphatic carbocycles. The highest BCUT2D eigenvalue weighted by Crippen LogP contribution is 2.30. The molecule has 0 unspecified atom stereocenters. The van der Waals surface area contributed by atoms with Gasteiger partial charge in [0, 0.05) is 21.4 Å². The molecule has 0 saturated carbocycles. The van der Waals surface area contributed by atoms with Crippen molar-refractivity contribution in [2.75, 3.05) is 5.73 Å². The summed E-state index contributed by atoms with van der Waals surface area (Å²) in [6.07, 6.45) is 0. The molecule has 88 valence electrons. The van der Waals surface area contributed by atoms with E-state index in [-0.39, 0.29) is 5.82 Å². The molecule has 2 aromatic carbocycles. The molecule has 0 fully saturated rings. The molecule has 0 spiro atoms. The molecular weight excluding hydrogens is 257 g/mol. The van der Waals surface area contributed by atoms with Crippen LogP contribution in [-0.2, 0) is 5.75 Å². The van der Waals surface area contributed by atoms with E-state index in [0.717, 1.165) is 4.90 Å². The molecule has 0 amide bonds. The van der Waals surface area contributed by atoms with Crippen LogP contribution >= 0.6 is 23.4 Å². The van der Waals surface area contributed by atoms with E-state index in [1.807, 2.05) is 6.07 Å². The molecule has 2 aromatic rings. The minimum Gasteiger partial charge on any atom is -0.398 e. The smallest absolute Gasteiger partial charge is 0.127 e. The normalized spacial score (nSPS) is 10.5. The number of rotatable bonds is 3. The Morgan fingerprint density at radius 2 is 1.94 bits per heavy atom. The average Bonchev–Trinajstić information content (AvgIpc) is 2.32. The lowest BCUT2D eigenvalue weighted by atomic mass is 10.2. The zero-order valence-corrected chi connectivity index (χ0v) is 10.6. The van der Waals surface area contributed by atoms with Gasteiger partial charge in [-0.3, -0.25) is 0 Å². The minimum atomic E-state index is -0.194. The summed E-state index contributed by atoms with van der Waals surface area (Å²) >= 11 is 7.37. The predicted octanol–water partition coefficient (Wildman–Crippen LogP) is 4.35. The topological polar surface area (TPSA) is 26.0 Å². The number of hydrogen-bond acceptors (Lipinski definition) is 2. The number of benzene rings is 2. The Bertz CT molecular complexity index is 531. The summed E-state index contributed by atoms with van der Waals surface area (Å²) in [6, 6.07) is 12.0. The molecule has 0 saturated heterocycles. The highest BCUT2D eigenvalue weighted by molar-refractivity contribution is 7.98. The van der Waals surface area contributed by atoms with E-state index < -0.39 is 0 Å². The standard InChI is InChI=1S/C13H11ClFNS/c14-10-5-6-12(16)13(7-10)17-8-9-3-1-2-4-11(9)15/h1-7H,8,16H2. The fourth-order valence-electron chi connectivity index (χ4n) is 1.40. The Morgan fingerprint density at radius 3 is 2.71 bits per heavy atom. The van der Waals surface area contributed by atoms with E-state index in [1.165, 1.54) is 17.8 Å². The third-order valence-electron chi connectivity index (χ3n) is 2.32. The number of halogens is 2. The zero-order chi connectivity index (χ0) is 12.3. The van der Waals surface area contributed by atoms with Crippen LogP contribution in [0.1, 0.15) is 5.56 Å². The fraction of sp³-hybridized carbons (Fsp3) is 0.0769. The quantitative estimate of drug-likeness (QED) is 0.661. The second-order valence-electron chi connectivity index (χ2n) is 3.56. The Kier molecular flexibility index (Phi) is 3.92. The van der Waals surface area contributed by atoms with E-state index >= 15 is 0 Å². The molecule has 2 rings (SSSR count). The van der Waals surface area contributed by atoms with Gasteiger partial charge in [-0.25, -0.2) is 4.39 Å². The van der Waals surface area contributed by atoms with Gasteiger partial charge in [-0.1, -0.05) is 29.8 Å². The SMILES string of the molecule is Nc1ccc(Cl)cc1SCc1ccccc1F. The van der Waals surface area contributed by atoms with Gasteiger partial charge in [-0.05, 0) is 29.8 Å². The number of thioether (sulfide) groups is 1. The van der Waals surface area contributed by atoms with Gasteiger partial charge >= 0.3 is 0 Å². The van der Waals surface area contributed by atoms with Crippen molar-refractivity contribution in [3.8, 4) is 0 Å². The number of hydrogen-bond donors (Lipinski definition) is 1. The maximum atomic E-state index is 13.4. The van der Waals surface area contributed by atoms with E-state index in [1.54, 1.807) is 30.3 Å². The second kappa shape index (κ2) is 5.43. The van der Waals surface area contributed by atoms with Crippen LogP contribution < -0.4 is 5.73 Å². The highest BCUT2D eigenvalue weighted by atomic mass is 35.5. The summed E-state index contributed by atoms with van der Waals surface area (Å²) in [7, 11) is 0. The minimum absolute atomic E-state index is 0.194.